The Morgan fingerprint density at radius 2 is 1.85 bits per heavy atom. The van der Waals surface area contributed by atoms with Crippen LogP contribution < -0.4 is 10.6 Å². The topological polar surface area (TPSA) is 58.2 Å². The predicted molar refractivity (Wildman–Crippen MR) is 133 cm³/mol. The zero-order chi connectivity index (χ0) is 23.6. The van der Waals surface area contributed by atoms with Crippen molar-refractivity contribution < 1.29 is 9.59 Å². The molecule has 4 rings (SSSR count). The molecule has 4 heteroatoms. The number of carbonyl (C=O) groups excluding carboxylic acids is 2. The maximum atomic E-state index is 13.5. The molecule has 0 aromatic heterocycles. The molecular weight excluding hydrogens is 408 g/mol. The van der Waals surface area contributed by atoms with Gasteiger partial charge in [0, 0.05) is 6.54 Å². The first-order chi connectivity index (χ1) is 15.7. The van der Waals surface area contributed by atoms with Crippen LogP contribution in [-0.4, -0.2) is 18.4 Å². The number of allylic oxidation sites excluding steroid dienone is 4. The van der Waals surface area contributed by atoms with Crippen molar-refractivity contribution in [2.75, 3.05) is 6.54 Å². The first-order valence-electron chi connectivity index (χ1n) is 12.7. The Hall–Kier alpha value is -2.36. The van der Waals surface area contributed by atoms with Gasteiger partial charge in [0.15, 0.2) is 0 Å². The van der Waals surface area contributed by atoms with Gasteiger partial charge < -0.3 is 10.6 Å². The highest BCUT2D eigenvalue weighted by Crippen LogP contribution is 2.62. The summed E-state index contributed by atoms with van der Waals surface area (Å²) < 4.78 is 0. The number of hydrogen-bond donors (Lipinski definition) is 2. The third kappa shape index (κ3) is 4.67. The molecule has 0 bridgehead atoms. The fourth-order valence-corrected chi connectivity index (χ4v) is 6.84. The smallest absolute Gasteiger partial charge is 0.239 e. The van der Waals surface area contributed by atoms with Gasteiger partial charge in [0.05, 0.1) is 12.0 Å². The second kappa shape index (κ2) is 9.48. The fraction of sp³-hybridized carbons (Fsp3) is 0.586. The first-order valence-corrected chi connectivity index (χ1v) is 12.7. The lowest BCUT2D eigenvalue weighted by Gasteiger charge is -2.57. The predicted octanol–water partition coefficient (Wildman–Crippen LogP) is 5.55. The normalized spacial score (nSPS) is 31.1. The Kier molecular flexibility index (Phi) is 6.83. The molecule has 178 valence electrons. The van der Waals surface area contributed by atoms with E-state index in [2.05, 4.69) is 50.5 Å². The lowest BCUT2D eigenvalue weighted by Crippen LogP contribution is -2.56. The molecule has 1 aromatic carbocycles. The molecule has 1 fully saturated rings. The van der Waals surface area contributed by atoms with Crippen LogP contribution in [0.1, 0.15) is 71.8 Å². The zero-order valence-electron chi connectivity index (χ0n) is 20.7. The third-order valence-corrected chi connectivity index (χ3v) is 8.84. The number of hydrogen-bond acceptors (Lipinski definition) is 2. The summed E-state index contributed by atoms with van der Waals surface area (Å²) in [6, 6.07) is 9.84. The van der Waals surface area contributed by atoms with Crippen LogP contribution in [0.2, 0.25) is 0 Å². The standard InChI is InChI=1S/C29H40N2O2/c1-20(2)22-11-13-24-23(17-22)12-14-25-28(24,3)15-8-16-29(25,4)27(33)31-19-26(32)30-18-21-9-6-5-7-10-21/h5-7,9-10,12,17,20,24-25H,8,11,13-16,18-19H2,1-4H3,(H,30,32)(H,31,33). The van der Waals surface area contributed by atoms with E-state index in [1.165, 1.54) is 24.8 Å². The van der Waals surface area contributed by atoms with Gasteiger partial charge in [0.1, 0.15) is 0 Å². The molecule has 2 amide bonds. The maximum Gasteiger partial charge on any atom is 0.239 e. The fourth-order valence-electron chi connectivity index (χ4n) is 6.84. The molecule has 0 saturated heterocycles. The van der Waals surface area contributed by atoms with Gasteiger partial charge >= 0.3 is 0 Å². The van der Waals surface area contributed by atoms with Crippen molar-refractivity contribution in [2.24, 2.45) is 28.6 Å². The van der Waals surface area contributed by atoms with E-state index in [0.29, 0.717) is 24.3 Å². The number of carbonyl (C=O) groups is 2. The first kappa shape index (κ1) is 23.8. The van der Waals surface area contributed by atoms with Gasteiger partial charge in [-0.25, -0.2) is 0 Å². The van der Waals surface area contributed by atoms with Crippen molar-refractivity contribution in [3.8, 4) is 0 Å². The number of amides is 2. The van der Waals surface area contributed by atoms with E-state index in [0.717, 1.165) is 24.8 Å². The van der Waals surface area contributed by atoms with Gasteiger partial charge in [0.25, 0.3) is 0 Å². The average molecular weight is 449 g/mol. The largest absolute Gasteiger partial charge is 0.350 e. The summed E-state index contributed by atoms with van der Waals surface area (Å²) in [5, 5.41) is 5.90. The van der Waals surface area contributed by atoms with E-state index in [9.17, 15) is 9.59 Å². The molecule has 33 heavy (non-hydrogen) atoms. The lowest BCUT2D eigenvalue weighted by molar-refractivity contribution is -0.145. The molecule has 3 aliphatic carbocycles. The van der Waals surface area contributed by atoms with Gasteiger partial charge in [-0.2, -0.15) is 0 Å². The van der Waals surface area contributed by atoms with Gasteiger partial charge in [-0.05, 0) is 66.4 Å². The van der Waals surface area contributed by atoms with Crippen molar-refractivity contribution in [2.45, 2.75) is 72.8 Å². The van der Waals surface area contributed by atoms with Crippen LogP contribution in [-0.2, 0) is 16.1 Å². The molecule has 0 spiro atoms. The van der Waals surface area contributed by atoms with Crippen molar-refractivity contribution in [1.82, 2.24) is 10.6 Å². The number of fused-ring (bicyclic) bond motifs is 3. The minimum atomic E-state index is -0.434. The number of rotatable bonds is 6. The number of benzene rings is 1. The van der Waals surface area contributed by atoms with Gasteiger partial charge in [-0.15, -0.1) is 0 Å². The van der Waals surface area contributed by atoms with E-state index in [-0.39, 0.29) is 23.8 Å². The SMILES string of the molecule is CC(C)C1=CC2=CCC3C(C)(C(=O)NCC(=O)NCc4ccccc4)CCCC3(C)C2CC1. The summed E-state index contributed by atoms with van der Waals surface area (Å²) in [5.41, 5.74) is 3.84. The minimum absolute atomic E-state index is 0.0374. The molecule has 4 nitrogen and oxygen atoms in total. The van der Waals surface area contributed by atoms with Crippen molar-refractivity contribution in [3.05, 3.63) is 59.2 Å². The molecule has 0 aliphatic heterocycles. The highest BCUT2D eigenvalue weighted by atomic mass is 16.2. The van der Waals surface area contributed by atoms with Crippen LogP contribution in [0.5, 0.6) is 0 Å². The Morgan fingerprint density at radius 1 is 1.09 bits per heavy atom. The van der Waals surface area contributed by atoms with E-state index < -0.39 is 5.41 Å². The summed E-state index contributed by atoms with van der Waals surface area (Å²) >= 11 is 0. The molecule has 0 heterocycles. The third-order valence-electron chi connectivity index (χ3n) is 8.84. The monoisotopic (exact) mass is 448 g/mol. The van der Waals surface area contributed by atoms with Crippen LogP contribution in [0.4, 0.5) is 0 Å². The molecule has 1 aromatic rings. The summed E-state index contributed by atoms with van der Waals surface area (Å²) in [5.74, 6) is 1.36. The molecule has 4 atom stereocenters. The molecule has 0 radical (unpaired) electrons. The Morgan fingerprint density at radius 3 is 2.58 bits per heavy atom. The van der Waals surface area contributed by atoms with Gasteiger partial charge in [-0.1, -0.05) is 82.2 Å². The van der Waals surface area contributed by atoms with Crippen LogP contribution in [0.15, 0.2) is 53.6 Å². The van der Waals surface area contributed by atoms with E-state index in [1.807, 2.05) is 30.3 Å². The molecule has 4 unspecified atom stereocenters. The highest BCUT2D eigenvalue weighted by Gasteiger charge is 2.56. The summed E-state index contributed by atoms with van der Waals surface area (Å²) in [6.07, 6.45) is 11.4. The zero-order valence-corrected chi connectivity index (χ0v) is 20.7. The van der Waals surface area contributed by atoms with Gasteiger partial charge in [-0.3, -0.25) is 9.59 Å². The average Bonchev–Trinajstić information content (AvgIpc) is 2.81. The summed E-state index contributed by atoms with van der Waals surface area (Å²) in [6.45, 7) is 9.67. The Bertz CT molecular complexity index is 948. The van der Waals surface area contributed by atoms with Crippen LogP contribution in [0.3, 0.4) is 0 Å². The molecule has 2 N–H and O–H groups in total. The highest BCUT2D eigenvalue weighted by molar-refractivity contribution is 5.88. The summed E-state index contributed by atoms with van der Waals surface area (Å²) in [7, 11) is 0. The summed E-state index contributed by atoms with van der Waals surface area (Å²) in [4.78, 5) is 25.9. The molecule has 3 aliphatic rings. The van der Waals surface area contributed by atoms with E-state index in [1.54, 1.807) is 5.57 Å². The number of nitrogens with one attached hydrogen (secondary N) is 2. The van der Waals surface area contributed by atoms with Crippen molar-refractivity contribution in [1.29, 1.82) is 0 Å². The lowest BCUT2D eigenvalue weighted by atomic mass is 9.46. The minimum Gasteiger partial charge on any atom is -0.350 e. The van der Waals surface area contributed by atoms with Gasteiger partial charge in [0.2, 0.25) is 11.8 Å². The quantitative estimate of drug-likeness (QED) is 0.599. The van der Waals surface area contributed by atoms with Crippen molar-refractivity contribution >= 4 is 11.8 Å². The van der Waals surface area contributed by atoms with Crippen LogP contribution in [0, 0.1) is 28.6 Å². The molecular formula is C29H40N2O2. The maximum absolute atomic E-state index is 13.5. The Balaban J connectivity index is 1.42. The second-order valence-corrected chi connectivity index (χ2v) is 11.2. The van der Waals surface area contributed by atoms with Crippen molar-refractivity contribution in [3.63, 3.8) is 0 Å². The van der Waals surface area contributed by atoms with Crippen LogP contribution >= 0.6 is 0 Å². The Labute approximate surface area is 199 Å². The second-order valence-electron chi connectivity index (χ2n) is 11.2. The van der Waals surface area contributed by atoms with Crippen LogP contribution in [0.25, 0.3) is 0 Å². The molecule has 1 saturated carbocycles. The van der Waals surface area contributed by atoms with E-state index >= 15 is 0 Å². The van der Waals surface area contributed by atoms with E-state index in [4.69, 9.17) is 0 Å².